The number of nitrogens with zero attached hydrogens (tertiary/aromatic N) is 1. The minimum absolute atomic E-state index is 0.0362. The van der Waals surface area contributed by atoms with Gasteiger partial charge < -0.3 is 19.7 Å². The molecule has 1 fully saturated rings. The first-order valence-corrected chi connectivity index (χ1v) is 6.84. The number of carbonyl (C=O) groups is 2. The molecule has 2 N–H and O–H groups in total. The van der Waals surface area contributed by atoms with Gasteiger partial charge in [0.1, 0.15) is 11.8 Å². The molecule has 0 spiro atoms. The molecule has 2 rings (SSSR count). The first-order chi connectivity index (χ1) is 9.50. The Morgan fingerprint density at radius 2 is 2.30 bits per heavy atom. The van der Waals surface area contributed by atoms with Gasteiger partial charge in [-0.25, -0.2) is 9.59 Å². The van der Waals surface area contributed by atoms with E-state index in [-0.39, 0.29) is 18.0 Å². The van der Waals surface area contributed by atoms with Gasteiger partial charge in [-0.2, -0.15) is 0 Å². The van der Waals surface area contributed by atoms with Crippen molar-refractivity contribution >= 4 is 12.0 Å². The third-order valence-corrected chi connectivity index (χ3v) is 3.76. The van der Waals surface area contributed by atoms with Crippen molar-refractivity contribution in [3.8, 4) is 0 Å². The second kappa shape index (κ2) is 5.98. The predicted molar refractivity (Wildman–Crippen MR) is 72.2 cm³/mol. The molecule has 6 nitrogen and oxygen atoms in total. The van der Waals surface area contributed by atoms with E-state index in [9.17, 15) is 14.7 Å². The molecule has 0 aromatic carbocycles. The predicted octanol–water partition coefficient (Wildman–Crippen LogP) is 2.24. The number of hydrogen-bond donors (Lipinski definition) is 2. The maximum atomic E-state index is 12.3. The smallest absolute Gasteiger partial charge is 0.326 e. The Balaban J connectivity index is 2.05. The topological polar surface area (TPSA) is 82.8 Å². The zero-order chi connectivity index (χ0) is 14.7. The van der Waals surface area contributed by atoms with Crippen LogP contribution in [0.4, 0.5) is 4.79 Å². The minimum Gasteiger partial charge on any atom is -0.480 e. The third kappa shape index (κ3) is 2.95. The number of furan rings is 1. The summed E-state index contributed by atoms with van der Waals surface area (Å²) in [6, 6.07) is 2.13. The molecular weight excluding hydrogens is 260 g/mol. The van der Waals surface area contributed by atoms with Gasteiger partial charge in [-0.1, -0.05) is 6.92 Å². The fourth-order valence-electron chi connectivity index (χ4n) is 2.67. The maximum Gasteiger partial charge on any atom is 0.326 e. The van der Waals surface area contributed by atoms with Gasteiger partial charge in [-0.3, -0.25) is 0 Å². The lowest BCUT2D eigenvalue weighted by atomic mass is 9.91. The second-order valence-electron chi connectivity index (χ2n) is 5.28. The molecule has 3 atom stereocenters. The highest BCUT2D eigenvalue weighted by Crippen LogP contribution is 2.24. The number of urea groups is 1. The molecule has 6 heteroatoms. The Bertz CT molecular complexity index is 472. The van der Waals surface area contributed by atoms with Crippen molar-refractivity contribution in [1.82, 2.24) is 10.2 Å². The van der Waals surface area contributed by atoms with Crippen LogP contribution in [0.2, 0.25) is 0 Å². The van der Waals surface area contributed by atoms with Crippen LogP contribution in [0.1, 0.15) is 38.5 Å². The quantitative estimate of drug-likeness (QED) is 0.889. The largest absolute Gasteiger partial charge is 0.480 e. The van der Waals surface area contributed by atoms with Crippen molar-refractivity contribution in [2.24, 2.45) is 5.92 Å². The van der Waals surface area contributed by atoms with Crippen molar-refractivity contribution in [2.75, 3.05) is 6.54 Å². The van der Waals surface area contributed by atoms with E-state index in [0.29, 0.717) is 12.3 Å². The molecule has 110 valence electrons. The highest BCUT2D eigenvalue weighted by Gasteiger charge is 2.37. The van der Waals surface area contributed by atoms with Crippen molar-refractivity contribution in [1.29, 1.82) is 0 Å². The molecule has 2 amide bonds. The van der Waals surface area contributed by atoms with Crippen LogP contribution in [0.3, 0.4) is 0 Å². The van der Waals surface area contributed by atoms with E-state index in [4.69, 9.17) is 4.42 Å². The van der Waals surface area contributed by atoms with Crippen LogP contribution in [0.15, 0.2) is 22.8 Å². The van der Waals surface area contributed by atoms with Crippen LogP contribution in [-0.2, 0) is 4.79 Å². The normalized spacial score (nSPS) is 24.2. The van der Waals surface area contributed by atoms with Gasteiger partial charge in [0.15, 0.2) is 0 Å². The molecule has 0 aliphatic carbocycles. The number of rotatable bonds is 3. The maximum absolute atomic E-state index is 12.3. The average molecular weight is 280 g/mol. The molecule has 0 radical (unpaired) electrons. The summed E-state index contributed by atoms with van der Waals surface area (Å²) < 4.78 is 5.23. The van der Waals surface area contributed by atoms with E-state index >= 15 is 0 Å². The van der Waals surface area contributed by atoms with Crippen LogP contribution in [0.25, 0.3) is 0 Å². The summed E-state index contributed by atoms with van der Waals surface area (Å²) in [5.74, 6) is -0.334. The van der Waals surface area contributed by atoms with Crippen LogP contribution >= 0.6 is 0 Å². The number of nitrogens with one attached hydrogen (secondary N) is 1. The summed E-state index contributed by atoms with van der Waals surface area (Å²) >= 11 is 0. The van der Waals surface area contributed by atoms with Crippen LogP contribution in [0.5, 0.6) is 0 Å². The minimum atomic E-state index is -0.946. The zero-order valence-electron chi connectivity index (χ0n) is 11.7. The number of piperidine rings is 1. The van der Waals surface area contributed by atoms with Gasteiger partial charge in [0.05, 0.1) is 12.3 Å². The number of amides is 2. The molecule has 1 saturated heterocycles. The van der Waals surface area contributed by atoms with Crippen LogP contribution < -0.4 is 5.32 Å². The number of likely N-dealkylation sites (tertiary alicyclic amines) is 1. The first kappa shape index (κ1) is 14.4. The Labute approximate surface area is 117 Å². The summed E-state index contributed by atoms with van der Waals surface area (Å²) in [6.45, 7) is 4.14. The molecule has 2 heterocycles. The molecule has 1 aromatic heterocycles. The lowest BCUT2D eigenvalue weighted by Gasteiger charge is -2.37. The van der Waals surface area contributed by atoms with Crippen LogP contribution in [0, 0.1) is 5.92 Å². The average Bonchev–Trinajstić information content (AvgIpc) is 2.91. The lowest BCUT2D eigenvalue weighted by Crippen LogP contribution is -2.55. The van der Waals surface area contributed by atoms with Crippen molar-refractivity contribution in [3.63, 3.8) is 0 Å². The molecule has 1 aliphatic rings. The molecule has 3 unspecified atom stereocenters. The fraction of sp³-hybridized carbons (Fsp3) is 0.571. The Morgan fingerprint density at radius 3 is 2.90 bits per heavy atom. The molecule has 1 aliphatic heterocycles. The molecule has 1 aromatic rings. The van der Waals surface area contributed by atoms with Crippen molar-refractivity contribution in [3.05, 3.63) is 24.2 Å². The van der Waals surface area contributed by atoms with E-state index < -0.39 is 12.0 Å². The van der Waals surface area contributed by atoms with E-state index in [1.807, 2.05) is 6.92 Å². The van der Waals surface area contributed by atoms with Gasteiger partial charge >= 0.3 is 12.0 Å². The molecule has 0 bridgehead atoms. The van der Waals surface area contributed by atoms with Crippen molar-refractivity contribution in [2.45, 2.75) is 38.8 Å². The number of carbonyl (C=O) groups excluding carboxylic acids is 1. The SMILES string of the molecule is CC(NC(=O)N1CCCC(C)C1C(=O)O)c1ccco1. The van der Waals surface area contributed by atoms with Gasteiger partial charge in [-0.15, -0.1) is 0 Å². The highest BCUT2D eigenvalue weighted by atomic mass is 16.4. The lowest BCUT2D eigenvalue weighted by molar-refractivity contribution is -0.145. The van der Waals surface area contributed by atoms with Gasteiger partial charge in [0, 0.05) is 6.54 Å². The van der Waals surface area contributed by atoms with Gasteiger partial charge in [-0.05, 0) is 37.8 Å². The summed E-state index contributed by atoms with van der Waals surface area (Å²) in [5, 5.41) is 12.1. The number of carboxylic acid groups (broad SMARTS) is 1. The molecular formula is C14H20N2O4. The number of hydrogen-bond acceptors (Lipinski definition) is 3. The Morgan fingerprint density at radius 1 is 1.55 bits per heavy atom. The van der Waals surface area contributed by atoms with E-state index in [2.05, 4.69) is 5.32 Å². The monoisotopic (exact) mass is 280 g/mol. The fourth-order valence-corrected chi connectivity index (χ4v) is 2.67. The second-order valence-corrected chi connectivity index (χ2v) is 5.28. The number of aliphatic carboxylic acids is 1. The van der Waals surface area contributed by atoms with E-state index in [1.165, 1.54) is 4.90 Å². The number of carboxylic acids is 1. The summed E-state index contributed by atoms with van der Waals surface area (Å²) in [6.07, 6.45) is 3.20. The zero-order valence-corrected chi connectivity index (χ0v) is 11.7. The van der Waals surface area contributed by atoms with E-state index in [1.54, 1.807) is 25.3 Å². The molecule has 0 saturated carbocycles. The van der Waals surface area contributed by atoms with Crippen LogP contribution in [-0.4, -0.2) is 34.6 Å². The Hall–Kier alpha value is -1.98. The Kier molecular flexibility index (Phi) is 4.32. The molecule has 20 heavy (non-hydrogen) atoms. The van der Waals surface area contributed by atoms with Gasteiger partial charge in [0.25, 0.3) is 0 Å². The summed E-state index contributed by atoms with van der Waals surface area (Å²) in [4.78, 5) is 25.0. The highest BCUT2D eigenvalue weighted by molar-refractivity contribution is 5.83. The third-order valence-electron chi connectivity index (χ3n) is 3.76. The summed E-state index contributed by atoms with van der Waals surface area (Å²) in [7, 11) is 0. The first-order valence-electron chi connectivity index (χ1n) is 6.84. The standard InChI is InChI=1S/C14H20N2O4/c1-9-5-3-7-16(12(9)13(17)18)14(19)15-10(2)11-6-4-8-20-11/h4,6,8-10,12H,3,5,7H2,1-2H3,(H,15,19)(H,17,18). The van der Waals surface area contributed by atoms with Gasteiger partial charge in [0.2, 0.25) is 0 Å². The van der Waals surface area contributed by atoms with E-state index in [0.717, 1.165) is 12.8 Å². The van der Waals surface area contributed by atoms with Crippen molar-refractivity contribution < 1.29 is 19.1 Å². The summed E-state index contributed by atoms with van der Waals surface area (Å²) in [5.41, 5.74) is 0.